The molecule has 0 saturated carbocycles. The van der Waals surface area contributed by atoms with Crippen LogP contribution in [-0.2, 0) is 9.53 Å². The first-order chi connectivity index (χ1) is 7.59. The first kappa shape index (κ1) is 13.5. The Labute approximate surface area is 96.6 Å². The second kappa shape index (κ2) is 6.86. The lowest BCUT2D eigenvalue weighted by Crippen LogP contribution is -2.20. The standard InChI is InChI=1S/C12H22O4/c1-9(13)6-4-2-3-5-7-11-10(14)8-12(15)16-11/h9-11,13-14H,2-8H2,1H3/t9-,10+,11-/m1/s1. The van der Waals surface area contributed by atoms with Crippen molar-refractivity contribution in [1.29, 1.82) is 0 Å². The molecule has 0 radical (unpaired) electrons. The molecule has 0 bridgehead atoms. The first-order valence-electron chi connectivity index (χ1n) is 6.15. The van der Waals surface area contributed by atoms with Gasteiger partial charge in [-0.15, -0.1) is 0 Å². The number of ether oxygens (including phenoxy) is 1. The van der Waals surface area contributed by atoms with Crippen LogP contribution in [0.25, 0.3) is 0 Å². The lowest BCUT2D eigenvalue weighted by molar-refractivity contribution is -0.142. The number of carbonyl (C=O) groups is 1. The maximum absolute atomic E-state index is 10.9. The van der Waals surface area contributed by atoms with Gasteiger partial charge in [0.2, 0.25) is 0 Å². The third kappa shape index (κ3) is 4.94. The second-order valence-corrected chi connectivity index (χ2v) is 4.64. The van der Waals surface area contributed by atoms with E-state index in [2.05, 4.69) is 0 Å². The quantitative estimate of drug-likeness (QED) is 0.512. The summed E-state index contributed by atoms with van der Waals surface area (Å²) < 4.78 is 4.99. The van der Waals surface area contributed by atoms with E-state index in [1.54, 1.807) is 6.92 Å². The Hall–Kier alpha value is -0.610. The molecule has 94 valence electrons. The van der Waals surface area contributed by atoms with Gasteiger partial charge in [-0.05, 0) is 26.2 Å². The number of cyclic esters (lactones) is 1. The number of rotatable bonds is 7. The predicted molar refractivity (Wildman–Crippen MR) is 59.9 cm³/mol. The summed E-state index contributed by atoms with van der Waals surface area (Å²) in [5.74, 6) is -0.286. The number of carbonyl (C=O) groups excluding carboxylic acids is 1. The van der Waals surface area contributed by atoms with Gasteiger partial charge in [0.25, 0.3) is 0 Å². The molecule has 0 aromatic carbocycles. The van der Waals surface area contributed by atoms with Crippen molar-refractivity contribution in [2.75, 3.05) is 0 Å². The molecule has 2 N–H and O–H groups in total. The summed E-state index contributed by atoms with van der Waals surface area (Å²) in [5.41, 5.74) is 0. The summed E-state index contributed by atoms with van der Waals surface area (Å²) in [6.45, 7) is 1.80. The number of aliphatic hydroxyl groups is 2. The van der Waals surface area contributed by atoms with Gasteiger partial charge in [0.1, 0.15) is 12.2 Å². The van der Waals surface area contributed by atoms with E-state index in [0.29, 0.717) is 0 Å². The van der Waals surface area contributed by atoms with Gasteiger partial charge in [-0.2, -0.15) is 0 Å². The van der Waals surface area contributed by atoms with Gasteiger partial charge in [-0.25, -0.2) is 0 Å². The molecule has 0 amide bonds. The highest BCUT2D eigenvalue weighted by Gasteiger charge is 2.32. The lowest BCUT2D eigenvalue weighted by atomic mass is 10.0. The molecular weight excluding hydrogens is 208 g/mol. The van der Waals surface area contributed by atoms with Crippen LogP contribution in [0.1, 0.15) is 51.9 Å². The summed E-state index contributed by atoms with van der Waals surface area (Å²) in [6.07, 6.45) is 4.79. The van der Waals surface area contributed by atoms with E-state index < -0.39 is 6.10 Å². The number of aliphatic hydroxyl groups excluding tert-OH is 2. The number of unbranched alkanes of at least 4 members (excludes halogenated alkanes) is 3. The summed E-state index contributed by atoms with van der Waals surface area (Å²) in [6, 6.07) is 0. The minimum atomic E-state index is -0.607. The van der Waals surface area contributed by atoms with Gasteiger partial charge >= 0.3 is 5.97 Å². The van der Waals surface area contributed by atoms with Gasteiger partial charge in [0, 0.05) is 0 Å². The van der Waals surface area contributed by atoms with Crippen LogP contribution >= 0.6 is 0 Å². The zero-order valence-corrected chi connectivity index (χ0v) is 9.89. The van der Waals surface area contributed by atoms with E-state index in [-0.39, 0.29) is 24.6 Å². The molecule has 1 fully saturated rings. The minimum Gasteiger partial charge on any atom is -0.460 e. The van der Waals surface area contributed by atoms with E-state index in [9.17, 15) is 9.90 Å². The third-order valence-electron chi connectivity index (χ3n) is 2.95. The molecule has 16 heavy (non-hydrogen) atoms. The second-order valence-electron chi connectivity index (χ2n) is 4.64. The van der Waals surface area contributed by atoms with Gasteiger partial charge in [0.15, 0.2) is 0 Å². The van der Waals surface area contributed by atoms with Crippen LogP contribution in [0.2, 0.25) is 0 Å². The fraction of sp³-hybridized carbons (Fsp3) is 0.917. The van der Waals surface area contributed by atoms with Crippen molar-refractivity contribution in [1.82, 2.24) is 0 Å². The SMILES string of the molecule is C[C@@H](O)CCCCCC[C@H]1OC(=O)C[C@@H]1O. The van der Waals surface area contributed by atoms with E-state index in [1.807, 2.05) is 0 Å². The Morgan fingerprint density at radius 2 is 2.06 bits per heavy atom. The summed E-state index contributed by atoms with van der Waals surface area (Å²) >= 11 is 0. The number of hydrogen-bond donors (Lipinski definition) is 2. The zero-order valence-electron chi connectivity index (χ0n) is 9.89. The molecule has 0 aromatic heterocycles. The molecule has 1 aliphatic heterocycles. The van der Waals surface area contributed by atoms with Gasteiger partial charge in [-0.3, -0.25) is 4.79 Å². The predicted octanol–water partition coefficient (Wildman–Crippen LogP) is 1.38. The Kier molecular flexibility index (Phi) is 5.77. The van der Waals surface area contributed by atoms with Crippen molar-refractivity contribution in [2.45, 2.75) is 70.2 Å². The van der Waals surface area contributed by atoms with Crippen molar-refractivity contribution in [3.05, 3.63) is 0 Å². The van der Waals surface area contributed by atoms with Crippen molar-refractivity contribution in [3.8, 4) is 0 Å². The maximum atomic E-state index is 10.9. The average molecular weight is 230 g/mol. The number of esters is 1. The average Bonchev–Trinajstić information content (AvgIpc) is 2.50. The number of hydrogen-bond acceptors (Lipinski definition) is 4. The Balaban J connectivity index is 1.97. The Morgan fingerprint density at radius 3 is 2.62 bits per heavy atom. The molecule has 3 atom stereocenters. The van der Waals surface area contributed by atoms with Crippen LogP contribution in [0.5, 0.6) is 0 Å². The first-order valence-corrected chi connectivity index (χ1v) is 6.15. The monoisotopic (exact) mass is 230 g/mol. The third-order valence-corrected chi connectivity index (χ3v) is 2.95. The highest BCUT2D eigenvalue weighted by atomic mass is 16.6. The summed E-state index contributed by atoms with van der Waals surface area (Å²) in [5, 5.41) is 18.5. The van der Waals surface area contributed by atoms with Crippen LogP contribution in [0.4, 0.5) is 0 Å². The van der Waals surface area contributed by atoms with E-state index in [1.165, 1.54) is 0 Å². The van der Waals surface area contributed by atoms with Crippen LogP contribution in [0.15, 0.2) is 0 Å². The molecule has 1 rings (SSSR count). The van der Waals surface area contributed by atoms with Gasteiger partial charge in [0.05, 0.1) is 12.5 Å². The fourth-order valence-corrected chi connectivity index (χ4v) is 1.99. The lowest BCUT2D eigenvalue weighted by Gasteiger charge is -2.12. The molecule has 4 nitrogen and oxygen atoms in total. The van der Waals surface area contributed by atoms with Crippen molar-refractivity contribution in [3.63, 3.8) is 0 Å². The van der Waals surface area contributed by atoms with Crippen LogP contribution in [-0.4, -0.2) is 34.5 Å². The van der Waals surface area contributed by atoms with Crippen LogP contribution < -0.4 is 0 Å². The molecule has 0 unspecified atom stereocenters. The fourth-order valence-electron chi connectivity index (χ4n) is 1.99. The molecular formula is C12H22O4. The Bertz CT molecular complexity index is 215. The molecule has 1 aliphatic rings. The molecule has 0 aromatic rings. The van der Waals surface area contributed by atoms with Crippen LogP contribution in [0.3, 0.4) is 0 Å². The van der Waals surface area contributed by atoms with Crippen molar-refractivity contribution in [2.24, 2.45) is 0 Å². The Morgan fingerprint density at radius 1 is 1.38 bits per heavy atom. The van der Waals surface area contributed by atoms with Gasteiger partial charge < -0.3 is 14.9 Å². The highest BCUT2D eigenvalue weighted by Crippen LogP contribution is 2.20. The maximum Gasteiger partial charge on any atom is 0.308 e. The molecule has 0 spiro atoms. The van der Waals surface area contributed by atoms with Crippen LogP contribution in [0, 0.1) is 0 Å². The zero-order chi connectivity index (χ0) is 12.0. The topological polar surface area (TPSA) is 66.8 Å². The van der Waals surface area contributed by atoms with Crippen molar-refractivity contribution < 1.29 is 19.7 Å². The van der Waals surface area contributed by atoms with Crippen molar-refractivity contribution >= 4 is 5.97 Å². The minimum absolute atomic E-state index is 0.146. The normalized spacial score (nSPS) is 26.8. The molecule has 1 heterocycles. The van der Waals surface area contributed by atoms with E-state index in [0.717, 1.165) is 38.5 Å². The smallest absolute Gasteiger partial charge is 0.308 e. The summed E-state index contributed by atoms with van der Waals surface area (Å²) in [4.78, 5) is 10.9. The molecule has 1 saturated heterocycles. The largest absolute Gasteiger partial charge is 0.460 e. The molecule has 0 aliphatic carbocycles. The van der Waals surface area contributed by atoms with E-state index in [4.69, 9.17) is 9.84 Å². The highest BCUT2D eigenvalue weighted by molar-refractivity contribution is 5.72. The summed E-state index contributed by atoms with van der Waals surface area (Å²) in [7, 11) is 0. The molecule has 4 heteroatoms. The van der Waals surface area contributed by atoms with Gasteiger partial charge in [-0.1, -0.05) is 19.3 Å². The van der Waals surface area contributed by atoms with E-state index >= 15 is 0 Å².